The molecule has 0 amide bonds. The molecule has 5 rings (SSSR count). The molecule has 0 N–H and O–H groups in total. The Kier molecular flexibility index (Phi) is 3.02. The van der Waals surface area contributed by atoms with Gasteiger partial charge in [0.05, 0.1) is 0 Å². The molecule has 2 aliphatic rings. The van der Waals surface area contributed by atoms with Crippen molar-refractivity contribution in [1.82, 2.24) is 0 Å². The third-order valence-electron chi connectivity index (χ3n) is 6.13. The predicted molar refractivity (Wildman–Crippen MR) is 112 cm³/mol. The molecule has 0 unspecified atom stereocenters. The normalized spacial score (nSPS) is 23.3. The van der Waals surface area contributed by atoms with E-state index in [1.165, 1.54) is 11.1 Å². The highest BCUT2D eigenvalue weighted by Crippen LogP contribution is 2.49. The molecule has 27 heavy (non-hydrogen) atoms. The standard InChI is InChI=1S/C26H28N/c1-19-7-3-4-8-24(19)25-16-21(11-14-27(25)2)20-9-10-22-17-26(12-5-6-13-26)18-23(22)15-20/h3-4,7-11,14-16H,5-6,12-13,17-18H2,1-2H3/q+1/i17D2,18D2. The second-order valence-electron chi connectivity index (χ2n) is 8.03. The molecule has 1 aromatic heterocycles. The predicted octanol–water partition coefficient (Wildman–Crippen LogP) is 5.81. The lowest BCUT2D eigenvalue weighted by Gasteiger charge is -2.21. The first-order chi connectivity index (χ1) is 14.7. The van der Waals surface area contributed by atoms with Crippen LogP contribution in [0.3, 0.4) is 0 Å². The van der Waals surface area contributed by atoms with Crippen LogP contribution in [0.15, 0.2) is 60.8 Å². The van der Waals surface area contributed by atoms with Crippen LogP contribution in [0, 0.1) is 12.3 Å². The minimum Gasteiger partial charge on any atom is -0.201 e. The minimum absolute atomic E-state index is 0.530. The number of pyridine rings is 1. The van der Waals surface area contributed by atoms with Crippen LogP contribution in [0.5, 0.6) is 0 Å². The summed E-state index contributed by atoms with van der Waals surface area (Å²) < 4.78 is 37.8. The Morgan fingerprint density at radius 1 is 0.889 bits per heavy atom. The van der Waals surface area contributed by atoms with Crippen molar-refractivity contribution in [2.24, 2.45) is 12.5 Å². The zero-order chi connectivity index (χ0) is 22.0. The first-order valence-corrected chi connectivity index (χ1v) is 9.90. The Hall–Kier alpha value is -2.41. The van der Waals surface area contributed by atoms with E-state index < -0.39 is 18.2 Å². The maximum Gasteiger partial charge on any atom is 0.213 e. The molecule has 0 aliphatic heterocycles. The summed E-state index contributed by atoms with van der Waals surface area (Å²) in [6, 6.07) is 18.2. The molecular weight excluding hydrogens is 326 g/mol. The SMILES string of the molecule is [2H]C1([2H])c2ccc(-c3cc[n+](C)c(-c4ccccc4C)c3)cc2C([2H])([2H])C12CCCC2. The maximum atomic E-state index is 8.99. The smallest absolute Gasteiger partial charge is 0.201 e. The van der Waals surface area contributed by atoms with Crippen molar-refractivity contribution in [3.63, 3.8) is 0 Å². The number of aryl methyl sites for hydroxylation is 2. The molecule has 0 saturated heterocycles. The van der Waals surface area contributed by atoms with Crippen molar-refractivity contribution >= 4 is 0 Å². The van der Waals surface area contributed by atoms with E-state index in [9.17, 15) is 0 Å². The molecule has 136 valence electrons. The zero-order valence-corrected chi connectivity index (χ0v) is 16.0. The fourth-order valence-corrected chi connectivity index (χ4v) is 4.59. The molecule has 3 aromatic rings. The van der Waals surface area contributed by atoms with Crippen LogP contribution in [0.1, 0.15) is 47.9 Å². The van der Waals surface area contributed by atoms with Gasteiger partial charge in [-0.3, -0.25) is 0 Å². The fourth-order valence-electron chi connectivity index (χ4n) is 4.59. The molecule has 1 saturated carbocycles. The van der Waals surface area contributed by atoms with Crippen LogP contribution in [0.2, 0.25) is 0 Å². The topological polar surface area (TPSA) is 3.88 Å². The number of benzene rings is 2. The van der Waals surface area contributed by atoms with Gasteiger partial charge >= 0.3 is 0 Å². The number of hydrogen-bond donors (Lipinski definition) is 0. The van der Waals surface area contributed by atoms with Gasteiger partial charge in [0.25, 0.3) is 0 Å². The van der Waals surface area contributed by atoms with Crippen LogP contribution in [0.25, 0.3) is 22.4 Å². The molecule has 1 nitrogen and oxygen atoms in total. The first-order valence-electron chi connectivity index (χ1n) is 11.9. The summed E-state index contributed by atoms with van der Waals surface area (Å²) in [5.74, 6) is 0. The maximum absolute atomic E-state index is 8.99. The number of rotatable bonds is 2. The zero-order valence-electron chi connectivity index (χ0n) is 20.0. The monoisotopic (exact) mass is 358 g/mol. The molecule has 1 heterocycles. The average Bonchev–Trinajstić information content (AvgIpc) is 3.30. The number of hydrogen-bond acceptors (Lipinski definition) is 0. The molecular formula is C26H28N+. The number of aromatic nitrogens is 1. The Morgan fingerprint density at radius 2 is 1.63 bits per heavy atom. The Labute approximate surface area is 168 Å². The largest absolute Gasteiger partial charge is 0.213 e. The van der Waals surface area contributed by atoms with Crippen LogP contribution >= 0.6 is 0 Å². The van der Waals surface area contributed by atoms with Gasteiger partial charge in [-0.1, -0.05) is 49.2 Å². The highest BCUT2D eigenvalue weighted by atomic mass is 14.9. The summed E-state index contributed by atoms with van der Waals surface area (Å²) in [6.45, 7) is 2.11. The second kappa shape index (κ2) is 6.34. The van der Waals surface area contributed by atoms with E-state index in [1.54, 1.807) is 0 Å². The first kappa shape index (κ1) is 12.9. The van der Waals surface area contributed by atoms with E-state index in [4.69, 9.17) is 5.48 Å². The summed E-state index contributed by atoms with van der Waals surface area (Å²) in [7, 11) is 2.03. The van der Waals surface area contributed by atoms with E-state index in [2.05, 4.69) is 29.7 Å². The molecule has 0 atom stereocenters. The van der Waals surface area contributed by atoms with Gasteiger partial charge in [0.15, 0.2) is 6.20 Å². The summed E-state index contributed by atoms with van der Waals surface area (Å²) in [5.41, 5.74) is 5.54. The summed E-state index contributed by atoms with van der Waals surface area (Å²) >= 11 is 0. The Morgan fingerprint density at radius 3 is 2.44 bits per heavy atom. The highest BCUT2D eigenvalue weighted by molar-refractivity contribution is 5.71. The van der Waals surface area contributed by atoms with Crippen molar-refractivity contribution < 1.29 is 10.1 Å². The number of fused-ring (bicyclic) bond motifs is 1. The second-order valence-corrected chi connectivity index (χ2v) is 8.03. The lowest BCUT2D eigenvalue weighted by molar-refractivity contribution is -0.660. The number of nitrogens with zero attached hydrogens (tertiary/aromatic N) is 1. The molecule has 2 aliphatic carbocycles. The van der Waals surface area contributed by atoms with Crippen LogP contribution < -0.4 is 4.57 Å². The van der Waals surface area contributed by atoms with Gasteiger partial charge in [0, 0.05) is 23.2 Å². The van der Waals surface area contributed by atoms with Gasteiger partial charge in [-0.15, -0.1) is 0 Å². The van der Waals surface area contributed by atoms with Crippen LogP contribution in [-0.2, 0) is 19.8 Å². The van der Waals surface area contributed by atoms with Crippen molar-refractivity contribution in [1.29, 1.82) is 0 Å². The average molecular weight is 359 g/mol. The lowest BCUT2D eigenvalue weighted by atomic mass is 9.83. The van der Waals surface area contributed by atoms with Crippen LogP contribution in [0.4, 0.5) is 0 Å². The Balaban J connectivity index is 1.64. The van der Waals surface area contributed by atoms with Crippen molar-refractivity contribution in [3.05, 3.63) is 77.5 Å². The van der Waals surface area contributed by atoms with Crippen LogP contribution in [-0.4, -0.2) is 0 Å². The van der Waals surface area contributed by atoms with E-state index in [0.717, 1.165) is 29.7 Å². The fraction of sp³-hybridized carbons (Fsp3) is 0.346. The quantitative estimate of drug-likeness (QED) is 0.509. The molecule has 1 spiro atoms. The van der Waals surface area contributed by atoms with Gasteiger partial charge in [-0.25, -0.2) is 4.57 Å². The summed E-state index contributed by atoms with van der Waals surface area (Å²) in [4.78, 5) is 0. The minimum atomic E-state index is -1.67. The third-order valence-corrected chi connectivity index (χ3v) is 6.13. The molecule has 1 heteroatoms. The van der Waals surface area contributed by atoms with Gasteiger partial charge < -0.3 is 0 Å². The molecule has 2 aromatic carbocycles. The third kappa shape index (κ3) is 2.90. The van der Waals surface area contributed by atoms with Gasteiger partial charge in [-0.05, 0) is 71.8 Å². The Bertz CT molecular complexity index is 1180. The van der Waals surface area contributed by atoms with Gasteiger partial charge in [0.2, 0.25) is 5.69 Å². The molecule has 0 radical (unpaired) electrons. The molecule has 1 fully saturated rings. The summed E-state index contributed by atoms with van der Waals surface area (Å²) in [5, 5.41) is 0. The van der Waals surface area contributed by atoms with Gasteiger partial charge in [0.1, 0.15) is 7.05 Å². The van der Waals surface area contributed by atoms with E-state index >= 15 is 0 Å². The van der Waals surface area contributed by atoms with Crippen molar-refractivity contribution in [3.8, 4) is 22.4 Å². The van der Waals surface area contributed by atoms with Crippen molar-refractivity contribution in [2.75, 3.05) is 0 Å². The lowest BCUT2D eigenvalue weighted by Crippen LogP contribution is -2.30. The summed E-state index contributed by atoms with van der Waals surface area (Å²) in [6.07, 6.45) is 1.73. The van der Waals surface area contributed by atoms with E-state index in [-0.39, 0.29) is 0 Å². The highest BCUT2D eigenvalue weighted by Gasteiger charge is 2.39. The van der Waals surface area contributed by atoms with Gasteiger partial charge in [-0.2, -0.15) is 0 Å². The van der Waals surface area contributed by atoms with E-state index in [0.29, 0.717) is 24.0 Å². The van der Waals surface area contributed by atoms with E-state index in [1.807, 2.05) is 49.6 Å². The van der Waals surface area contributed by atoms with Crippen molar-refractivity contribution in [2.45, 2.75) is 45.4 Å². The molecule has 0 bridgehead atoms.